The molecule has 0 aliphatic rings. The first kappa shape index (κ1) is 20.3. The summed E-state index contributed by atoms with van der Waals surface area (Å²) >= 11 is 3.42. The van der Waals surface area contributed by atoms with E-state index in [0.29, 0.717) is 31.3 Å². The molecule has 8 heteroatoms. The predicted molar refractivity (Wildman–Crippen MR) is 120 cm³/mol. The van der Waals surface area contributed by atoms with Crippen molar-refractivity contribution in [3.63, 3.8) is 0 Å². The number of amides is 1. The number of ether oxygens (including phenoxy) is 1. The Morgan fingerprint density at radius 1 is 1.17 bits per heavy atom. The standard InChI is InChI=1S/C22H22BrN5O2/c1-2-30-13-5-12-27-20-7-4-3-6-19(20)25-22(27)26-21(29)16-14-24-28(15-16)18-10-8-17(23)9-11-18/h3-4,6-11,14-15H,2,5,12-13H2,1H3,(H,25,26,29). The first-order chi connectivity index (χ1) is 14.7. The first-order valence-electron chi connectivity index (χ1n) is 9.80. The summed E-state index contributed by atoms with van der Waals surface area (Å²) in [6.07, 6.45) is 4.10. The minimum absolute atomic E-state index is 0.250. The molecular weight excluding hydrogens is 446 g/mol. The molecule has 4 rings (SSSR count). The SMILES string of the molecule is CCOCCCn1c(NC(=O)c2cnn(-c3ccc(Br)cc3)c2)nc2ccccc21. The van der Waals surface area contributed by atoms with Gasteiger partial charge < -0.3 is 9.30 Å². The van der Waals surface area contributed by atoms with Crippen LogP contribution in [-0.2, 0) is 11.3 Å². The lowest BCUT2D eigenvalue weighted by molar-refractivity contribution is 0.102. The molecule has 30 heavy (non-hydrogen) atoms. The van der Waals surface area contributed by atoms with E-state index in [1.807, 2.05) is 60.0 Å². The van der Waals surface area contributed by atoms with E-state index in [9.17, 15) is 4.79 Å². The van der Waals surface area contributed by atoms with Gasteiger partial charge in [-0.25, -0.2) is 9.67 Å². The van der Waals surface area contributed by atoms with Crippen LogP contribution < -0.4 is 5.32 Å². The van der Waals surface area contributed by atoms with Crippen molar-refractivity contribution in [3.05, 3.63) is 71.0 Å². The van der Waals surface area contributed by atoms with Gasteiger partial charge in [-0.05, 0) is 49.7 Å². The van der Waals surface area contributed by atoms with Gasteiger partial charge >= 0.3 is 0 Å². The highest BCUT2D eigenvalue weighted by Gasteiger charge is 2.16. The molecule has 0 saturated carbocycles. The van der Waals surface area contributed by atoms with Gasteiger partial charge in [-0.1, -0.05) is 28.1 Å². The van der Waals surface area contributed by atoms with E-state index in [0.717, 1.165) is 27.6 Å². The Bertz CT molecular complexity index is 1150. The number of hydrogen-bond donors (Lipinski definition) is 1. The Labute approximate surface area is 182 Å². The number of carbonyl (C=O) groups excluding carboxylic acids is 1. The highest BCUT2D eigenvalue weighted by Crippen LogP contribution is 2.21. The van der Waals surface area contributed by atoms with E-state index in [1.54, 1.807) is 17.1 Å². The van der Waals surface area contributed by atoms with Crippen LogP contribution in [0.25, 0.3) is 16.7 Å². The van der Waals surface area contributed by atoms with Crippen LogP contribution in [0, 0.1) is 0 Å². The van der Waals surface area contributed by atoms with Crippen molar-refractivity contribution in [2.45, 2.75) is 19.9 Å². The van der Waals surface area contributed by atoms with Crippen LogP contribution in [0.3, 0.4) is 0 Å². The Morgan fingerprint density at radius 3 is 2.77 bits per heavy atom. The Kier molecular flexibility index (Phi) is 6.25. The highest BCUT2D eigenvalue weighted by molar-refractivity contribution is 9.10. The second-order valence-electron chi connectivity index (χ2n) is 6.73. The topological polar surface area (TPSA) is 74.0 Å². The van der Waals surface area contributed by atoms with Crippen molar-refractivity contribution >= 4 is 38.8 Å². The summed E-state index contributed by atoms with van der Waals surface area (Å²) in [6.45, 7) is 4.04. The average molecular weight is 468 g/mol. The van der Waals surface area contributed by atoms with Gasteiger partial charge in [0.05, 0.1) is 28.5 Å². The van der Waals surface area contributed by atoms with Crippen molar-refractivity contribution in [3.8, 4) is 5.69 Å². The van der Waals surface area contributed by atoms with E-state index in [4.69, 9.17) is 4.74 Å². The molecule has 0 aliphatic heterocycles. The Hall–Kier alpha value is -2.97. The lowest BCUT2D eigenvalue weighted by atomic mass is 10.3. The highest BCUT2D eigenvalue weighted by atomic mass is 79.9. The molecule has 2 aromatic carbocycles. The summed E-state index contributed by atoms with van der Waals surface area (Å²) in [5.41, 5.74) is 3.16. The third-order valence-corrected chi connectivity index (χ3v) is 5.22. The smallest absolute Gasteiger partial charge is 0.261 e. The summed E-state index contributed by atoms with van der Waals surface area (Å²) in [6, 6.07) is 15.6. The molecule has 0 atom stereocenters. The van der Waals surface area contributed by atoms with Crippen LogP contribution in [0.1, 0.15) is 23.7 Å². The molecule has 4 aromatic rings. The molecule has 0 unspecified atom stereocenters. The van der Waals surface area contributed by atoms with Crippen LogP contribution in [0.15, 0.2) is 65.4 Å². The van der Waals surface area contributed by atoms with Crippen LogP contribution in [0.5, 0.6) is 0 Å². The number of para-hydroxylation sites is 2. The molecule has 0 bridgehead atoms. The van der Waals surface area contributed by atoms with Crippen molar-refractivity contribution in [2.24, 2.45) is 0 Å². The molecule has 1 N–H and O–H groups in total. The fraction of sp³-hybridized carbons (Fsp3) is 0.227. The molecule has 2 aromatic heterocycles. The fourth-order valence-electron chi connectivity index (χ4n) is 3.22. The van der Waals surface area contributed by atoms with Crippen LogP contribution >= 0.6 is 15.9 Å². The molecule has 0 aliphatic carbocycles. The number of nitrogens with zero attached hydrogens (tertiary/aromatic N) is 4. The van der Waals surface area contributed by atoms with Gasteiger partial charge in [-0.3, -0.25) is 10.1 Å². The van der Waals surface area contributed by atoms with Gasteiger partial charge in [0.2, 0.25) is 5.95 Å². The van der Waals surface area contributed by atoms with E-state index in [1.165, 1.54) is 0 Å². The third-order valence-electron chi connectivity index (χ3n) is 4.69. The van der Waals surface area contributed by atoms with Crippen molar-refractivity contribution in [1.82, 2.24) is 19.3 Å². The monoisotopic (exact) mass is 467 g/mol. The van der Waals surface area contributed by atoms with Gasteiger partial charge in [0.15, 0.2) is 0 Å². The number of anilines is 1. The van der Waals surface area contributed by atoms with Gasteiger partial charge in [0, 0.05) is 30.4 Å². The van der Waals surface area contributed by atoms with Crippen molar-refractivity contribution in [2.75, 3.05) is 18.5 Å². The summed E-state index contributed by atoms with van der Waals surface area (Å²) < 4.78 is 10.1. The number of benzene rings is 2. The number of nitrogens with one attached hydrogen (secondary N) is 1. The fourth-order valence-corrected chi connectivity index (χ4v) is 3.48. The van der Waals surface area contributed by atoms with Crippen LogP contribution in [0.4, 0.5) is 5.95 Å². The second-order valence-corrected chi connectivity index (χ2v) is 7.65. The number of rotatable bonds is 8. The number of halogens is 1. The largest absolute Gasteiger partial charge is 0.382 e. The van der Waals surface area contributed by atoms with E-state index in [-0.39, 0.29) is 5.91 Å². The maximum atomic E-state index is 12.9. The zero-order valence-electron chi connectivity index (χ0n) is 16.6. The first-order valence-corrected chi connectivity index (χ1v) is 10.6. The van der Waals surface area contributed by atoms with Crippen molar-refractivity contribution in [1.29, 1.82) is 0 Å². The Balaban J connectivity index is 1.55. The Morgan fingerprint density at radius 2 is 1.97 bits per heavy atom. The lowest BCUT2D eigenvalue weighted by Crippen LogP contribution is -2.16. The van der Waals surface area contributed by atoms with Gasteiger partial charge in [-0.2, -0.15) is 5.10 Å². The van der Waals surface area contributed by atoms with Gasteiger partial charge in [0.1, 0.15) is 0 Å². The molecule has 0 saturated heterocycles. The molecule has 0 fully saturated rings. The summed E-state index contributed by atoms with van der Waals surface area (Å²) in [5, 5.41) is 7.25. The van der Waals surface area contributed by atoms with E-state index >= 15 is 0 Å². The minimum atomic E-state index is -0.250. The maximum absolute atomic E-state index is 12.9. The molecular formula is C22H22BrN5O2. The quantitative estimate of drug-likeness (QED) is 0.382. The normalized spacial score (nSPS) is 11.1. The number of hydrogen-bond acceptors (Lipinski definition) is 4. The molecule has 1 amide bonds. The number of carbonyl (C=O) groups is 1. The zero-order valence-corrected chi connectivity index (χ0v) is 18.2. The summed E-state index contributed by atoms with van der Waals surface area (Å²) in [7, 11) is 0. The summed E-state index contributed by atoms with van der Waals surface area (Å²) in [5.74, 6) is 0.272. The van der Waals surface area contributed by atoms with E-state index < -0.39 is 0 Å². The second kappa shape index (κ2) is 9.23. The molecule has 0 radical (unpaired) electrons. The molecule has 154 valence electrons. The summed E-state index contributed by atoms with van der Waals surface area (Å²) in [4.78, 5) is 17.5. The molecule has 0 spiro atoms. The van der Waals surface area contributed by atoms with Gasteiger partial charge in [-0.15, -0.1) is 0 Å². The third kappa shape index (κ3) is 4.44. The molecule has 2 heterocycles. The van der Waals surface area contributed by atoms with Crippen molar-refractivity contribution < 1.29 is 9.53 Å². The lowest BCUT2D eigenvalue weighted by Gasteiger charge is -2.09. The molecule has 7 nitrogen and oxygen atoms in total. The van der Waals surface area contributed by atoms with Crippen LogP contribution in [0.2, 0.25) is 0 Å². The zero-order chi connectivity index (χ0) is 20.9. The minimum Gasteiger partial charge on any atom is -0.382 e. The number of fused-ring (bicyclic) bond motifs is 1. The number of aryl methyl sites for hydroxylation is 1. The predicted octanol–water partition coefficient (Wildman–Crippen LogP) is 4.66. The van der Waals surface area contributed by atoms with E-state index in [2.05, 4.69) is 31.3 Å². The van der Waals surface area contributed by atoms with Gasteiger partial charge in [0.25, 0.3) is 5.91 Å². The number of imidazole rings is 1. The van der Waals surface area contributed by atoms with Crippen LogP contribution in [-0.4, -0.2) is 38.5 Å². The maximum Gasteiger partial charge on any atom is 0.261 e. The number of aromatic nitrogens is 4. The average Bonchev–Trinajstić information content (AvgIpc) is 3.37.